The lowest BCUT2D eigenvalue weighted by molar-refractivity contribution is -0.137. The van der Waals surface area contributed by atoms with Crippen LogP contribution in [0.15, 0.2) is 95.9 Å². The van der Waals surface area contributed by atoms with Gasteiger partial charge in [0.25, 0.3) is 11.8 Å². The zero-order valence-corrected chi connectivity index (χ0v) is 24.9. The molecule has 0 saturated carbocycles. The number of carbonyl (C=O) groups excluding carboxylic acids is 3. The van der Waals surface area contributed by atoms with Gasteiger partial charge in [0, 0.05) is 66.3 Å². The molecule has 7 heteroatoms. The Kier molecular flexibility index (Phi) is 9.93. The Hall–Kier alpha value is -4.10. The molecule has 0 atom stereocenters. The number of para-hydroxylation sites is 2. The van der Waals surface area contributed by atoms with E-state index in [0.29, 0.717) is 25.9 Å². The number of fused-ring (bicyclic) bond motifs is 2. The minimum Gasteiger partial charge on any atom is -0.356 e. The fourth-order valence-corrected chi connectivity index (χ4v) is 6.46. The van der Waals surface area contributed by atoms with Gasteiger partial charge in [-0.1, -0.05) is 73.2 Å². The predicted molar refractivity (Wildman–Crippen MR) is 171 cm³/mol. The topological polar surface area (TPSA) is 69.7 Å². The molecule has 0 fully saturated rings. The summed E-state index contributed by atoms with van der Waals surface area (Å²) in [6.07, 6.45) is 6.22. The zero-order chi connectivity index (χ0) is 29.3. The number of nitrogens with zero attached hydrogens (tertiary/aromatic N) is 2. The maximum Gasteiger partial charge on any atom is 0.253 e. The van der Waals surface area contributed by atoms with Gasteiger partial charge >= 0.3 is 0 Å². The SMILES string of the molecule is CC(SCCCNC(=O)CCCCCN1C(=O)C=CC1=O)=C1c2ccccc2N(Cc2ccccc2)c2ccccc21. The Bertz CT molecular complexity index is 1430. The smallest absolute Gasteiger partial charge is 0.253 e. The van der Waals surface area contributed by atoms with Crippen LogP contribution in [0.4, 0.5) is 11.4 Å². The van der Waals surface area contributed by atoms with Gasteiger partial charge in [0.1, 0.15) is 0 Å². The van der Waals surface area contributed by atoms with E-state index in [1.807, 2.05) is 11.8 Å². The van der Waals surface area contributed by atoms with Crippen LogP contribution < -0.4 is 10.2 Å². The molecule has 0 aromatic heterocycles. The van der Waals surface area contributed by atoms with E-state index in [9.17, 15) is 14.4 Å². The Balaban J connectivity index is 1.12. The van der Waals surface area contributed by atoms with Gasteiger partial charge in [0.05, 0.1) is 0 Å². The molecule has 2 heterocycles. The first-order valence-corrected chi connectivity index (χ1v) is 15.7. The third kappa shape index (κ3) is 7.02. The van der Waals surface area contributed by atoms with Crippen molar-refractivity contribution in [1.29, 1.82) is 0 Å². The summed E-state index contributed by atoms with van der Waals surface area (Å²) in [5.74, 6) is 0.477. The monoisotopic (exact) mass is 579 g/mol. The Labute approximate surface area is 252 Å². The van der Waals surface area contributed by atoms with Crippen molar-refractivity contribution in [3.63, 3.8) is 0 Å². The Morgan fingerprint density at radius 3 is 2.02 bits per heavy atom. The van der Waals surface area contributed by atoms with Crippen molar-refractivity contribution in [1.82, 2.24) is 10.2 Å². The molecule has 2 aliphatic heterocycles. The number of hydrogen-bond donors (Lipinski definition) is 1. The molecule has 0 radical (unpaired) electrons. The molecule has 3 amide bonds. The number of rotatable bonds is 13. The van der Waals surface area contributed by atoms with Crippen molar-refractivity contribution in [2.45, 2.75) is 45.6 Å². The molecule has 0 bridgehead atoms. The third-order valence-corrected chi connectivity index (χ3v) is 8.74. The van der Waals surface area contributed by atoms with Crippen molar-refractivity contribution in [2.75, 3.05) is 23.7 Å². The first-order chi connectivity index (χ1) is 20.5. The van der Waals surface area contributed by atoms with Gasteiger partial charge in [-0.2, -0.15) is 0 Å². The highest BCUT2D eigenvalue weighted by Gasteiger charge is 2.27. The van der Waals surface area contributed by atoms with Crippen LogP contribution in [0, 0.1) is 0 Å². The van der Waals surface area contributed by atoms with Crippen molar-refractivity contribution in [2.24, 2.45) is 0 Å². The summed E-state index contributed by atoms with van der Waals surface area (Å²) in [7, 11) is 0. The van der Waals surface area contributed by atoms with Crippen molar-refractivity contribution in [3.8, 4) is 0 Å². The number of imide groups is 1. The molecule has 0 saturated heterocycles. The lowest BCUT2D eigenvalue weighted by Gasteiger charge is -2.35. The van der Waals surface area contributed by atoms with E-state index in [2.05, 4.69) is 96.0 Å². The fraction of sp³-hybridized carbons (Fsp3) is 0.286. The number of anilines is 2. The van der Waals surface area contributed by atoms with Crippen LogP contribution in [0.2, 0.25) is 0 Å². The predicted octanol–water partition coefficient (Wildman–Crippen LogP) is 6.84. The van der Waals surface area contributed by atoms with E-state index < -0.39 is 0 Å². The van der Waals surface area contributed by atoms with Gasteiger partial charge in [-0.05, 0) is 54.5 Å². The molecule has 0 aliphatic carbocycles. The molecule has 0 spiro atoms. The van der Waals surface area contributed by atoms with Gasteiger partial charge in [0.2, 0.25) is 5.91 Å². The lowest BCUT2D eigenvalue weighted by atomic mass is 9.89. The largest absolute Gasteiger partial charge is 0.356 e. The van der Waals surface area contributed by atoms with E-state index >= 15 is 0 Å². The average Bonchev–Trinajstić information content (AvgIpc) is 3.33. The normalized spacial score (nSPS) is 13.8. The minimum atomic E-state index is -0.247. The van der Waals surface area contributed by atoms with Crippen LogP contribution in [0.3, 0.4) is 0 Å². The van der Waals surface area contributed by atoms with Gasteiger partial charge < -0.3 is 10.2 Å². The van der Waals surface area contributed by atoms with Crippen LogP contribution in [-0.2, 0) is 20.9 Å². The van der Waals surface area contributed by atoms with Crippen molar-refractivity contribution in [3.05, 3.63) is 113 Å². The Morgan fingerprint density at radius 1 is 0.738 bits per heavy atom. The third-order valence-electron chi connectivity index (χ3n) is 7.61. The number of thioether (sulfide) groups is 1. The summed E-state index contributed by atoms with van der Waals surface area (Å²) < 4.78 is 0. The standard InChI is InChI=1S/C35H37N3O3S/c1-26(42-24-12-22-36-32(39)19-6-3-11-23-37-33(40)20-21-34(37)41)35-28-15-7-9-17-30(28)38(25-27-13-4-2-5-14-27)31-18-10-8-16-29(31)35/h2,4-5,7-10,13-18,20-21H,3,6,11-12,19,22-25H2,1H3,(H,36,39). The van der Waals surface area contributed by atoms with Crippen LogP contribution in [0.5, 0.6) is 0 Å². The number of unbranched alkanes of at least 4 members (excludes halogenated alkanes) is 2. The van der Waals surface area contributed by atoms with Crippen LogP contribution in [-0.4, -0.2) is 41.5 Å². The first kappa shape index (κ1) is 29.4. The second-order valence-electron chi connectivity index (χ2n) is 10.6. The summed E-state index contributed by atoms with van der Waals surface area (Å²) in [6.45, 7) is 4.08. The molecular weight excluding hydrogens is 542 g/mol. The summed E-state index contributed by atoms with van der Waals surface area (Å²) >= 11 is 1.85. The van der Waals surface area contributed by atoms with E-state index in [0.717, 1.165) is 31.6 Å². The molecule has 42 heavy (non-hydrogen) atoms. The maximum absolute atomic E-state index is 12.3. The minimum absolute atomic E-state index is 0.0544. The van der Waals surface area contributed by atoms with Crippen molar-refractivity contribution >= 4 is 46.4 Å². The molecule has 216 valence electrons. The number of allylic oxidation sites excluding steroid dienone is 1. The van der Waals surface area contributed by atoms with Gasteiger partial charge in [-0.3, -0.25) is 19.3 Å². The van der Waals surface area contributed by atoms with Crippen LogP contribution >= 0.6 is 11.8 Å². The molecule has 0 unspecified atom stereocenters. The summed E-state index contributed by atoms with van der Waals surface area (Å²) in [4.78, 5) is 40.4. The van der Waals surface area contributed by atoms with Gasteiger partial charge in [-0.15, -0.1) is 11.8 Å². The highest BCUT2D eigenvalue weighted by molar-refractivity contribution is 8.03. The number of benzene rings is 3. The maximum atomic E-state index is 12.3. The van der Waals surface area contributed by atoms with Crippen molar-refractivity contribution < 1.29 is 14.4 Å². The fourth-order valence-electron chi connectivity index (χ4n) is 5.50. The quantitative estimate of drug-likeness (QED) is 0.177. The molecular formula is C35H37N3O3S. The zero-order valence-electron chi connectivity index (χ0n) is 24.1. The summed E-state index contributed by atoms with van der Waals surface area (Å²) in [5, 5.41) is 3.04. The van der Waals surface area contributed by atoms with Crippen LogP contribution in [0.25, 0.3) is 5.57 Å². The average molecular weight is 580 g/mol. The second kappa shape index (κ2) is 14.2. The highest BCUT2D eigenvalue weighted by Crippen LogP contribution is 2.48. The second-order valence-corrected chi connectivity index (χ2v) is 11.9. The first-order valence-electron chi connectivity index (χ1n) is 14.7. The number of carbonyl (C=O) groups is 3. The molecule has 3 aromatic rings. The van der Waals surface area contributed by atoms with E-state index in [-0.39, 0.29) is 17.7 Å². The number of hydrogen-bond acceptors (Lipinski definition) is 5. The highest BCUT2D eigenvalue weighted by atomic mass is 32.2. The molecule has 2 aliphatic rings. The van der Waals surface area contributed by atoms with E-state index in [1.54, 1.807) is 0 Å². The molecule has 3 aromatic carbocycles. The molecule has 1 N–H and O–H groups in total. The lowest BCUT2D eigenvalue weighted by Crippen LogP contribution is -2.30. The Morgan fingerprint density at radius 2 is 1.36 bits per heavy atom. The van der Waals surface area contributed by atoms with Gasteiger partial charge in [0.15, 0.2) is 0 Å². The molecule has 6 nitrogen and oxygen atoms in total. The van der Waals surface area contributed by atoms with E-state index in [4.69, 9.17) is 0 Å². The van der Waals surface area contributed by atoms with Crippen LogP contribution in [0.1, 0.15) is 55.7 Å². The summed E-state index contributed by atoms with van der Waals surface area (Å²) in [5.41, 5.74) is 7.50. The molecule has 5 rings (SSSR count). The number of amides is 3. The van der Waals surface area contributed by atoms with E-state index in [1.165, 1.54) is 55.6 Å². The number of nitrogens with one attached hydrogen (secondary N) is 1. The summed E-state index contributed by atoms with van der Waals surface area (Å²) in [6, 6.07) is 27.9. The van der Waals surface area contributed by atoms with Gasteiger partial charge in [-0.25, -0.2) is 0 Å².